The third-order valence-electron chi connectivity index (χ3n) is 2.44. The Morgan fingerprint density at radius 2 is 2.25 bits per heavy atom. The van der Waals surface area contributed by atoms with E-state index >= 15 is 0 Å². The largest absolute Gasteiger partial charge is 0.284 e. The van der Waals surface area contributed by atoms with Gasteiger partial charge in [-0.3, -0.25) is 4.90 Å². The van der Waals surface area contributed by atoms with Crippen LogP contribution in [-0.2, 0) is 6.54 Å². The first-order valence-corrected chi connectivity index (χ1v) is 6.09. The van der Waals surface area contributed by atoms with E-state index in [0.717, 1.165) is 23.6 Å². The molecule has 0 aliphatic rings. The molecule has 1 aromatic carbocycles. The Kier molecular flexibility index (Phi) is 3.50. The molecule has 0 radical (unpaired) electrons. The van der Waals surface area contributed by atoms with Gasteiger partial charge in [-0.05, 0) is 18.7 Å². The lowest BCUT2D eigenvalue weighted by molar-refractivity contribution is 0.314. The number of nitriles is 1. The summed E-state index contributed by atoms with van der Waals surface area (Å²) in [6.07, 6.45) is 0. The van der Waals surface area contributed by atoms with Gasteiger partial charge in [-0.1, -0.05) is 19.1 Å². The maximum Gasteiger partial charge on any atom is 0.108 e. The Morgan fingerprint density at radius 3 is 2.94 bits per heavy atom. The summed E-state index contributed by atoms with van der Waals surface area (Å²) in [5.41, 5.74) is 1.05. The fourth-order valence-corrected chi connectivity index (χ4v) is 2.57. The smallest absolute Gasteiger partial charge is 0.108 e. The molecule has 0 amide bonds. The monoisotopic (exact) mass is 231 g/mol. The molecular weight excluding hydrogens is 218 g/mol. The van der Waals surface area contributed by atoms with Crippen LogP contribution in [0.5, 0.6) is 0 Å². The van der Waals surface area contributed by atoms with E-state index < -0.39 is 0 Å². The summed E-state index contributed by atoms with van der Waals surface area (Å²) in [6, 6.07) is 10.3. The van der Waals surface area contributed by atoms with Gasteiger partial charge in [0.15, 0.2) is 0 Å². The lowest BCUT2D eigenvalue weighted by Gasteiger charge is -2.13. The van der Waals surface area contributed by atoms with E-state index in [1.165, 1.54) is 4.70 Å². The second kappa shape index (κ2) is 5.06. The van der Waals surface area contributed by atoms with Gasteiger partial charge >= 0.3 is 0 Å². The van der Waals surface area contributed by atoms with Gasteiger partial charge < -0.3 is 0 Å². The van der Waals surface area contributed by atoms with E-state index in [9.17, 15) is 0 Å². The first-order valence-electron chi connectivity index (χ1n) is 5.27. The summed E-state index contributed by atoms with van der Waals surface area (Å²) < 4.78 is 1.21. The normalized spacial score (nSPS) is 10.8. The molecule has 0 aliphatic carbocycles. The summed E-state index contributed by atoms with van der Waals surface area (Å²) >= 11 is 1.70. The van der Waals surface area contributed by atoms with Gasteiger partial charge in [-0.15, -0.1) is 11.3 Å². The number of benzene rings is 1. The first kappa shape index (κ1) is 11.1. The molecule has 0 N–H and O–H groups in total. The highest BCUT2D eigenvalue weighted by Crippen LogP contribution is 2.22. The van der Waals surface area contributed by atoms with E-state index in [4.69, 9.17) is 5.26 Å². The van der Waals surface area contributed by atoms with Crippen molar-refractivity contribution in [3.63, 3.8) is 0 Å². The molecule has 2 aromatic rings. The lowest BCUT2D eigenvalue weighted by Crippen LogP contribution is -2.22. The Hall–Kier alpha value is -1.44. The second-order valence-corrected chi connectivity index (χ2v) is 4.65. The van der Waals surface area contributed by atoms with Crippen LogP contribution in [0, 0.1) is 11.3 Å². The standard InChI is InChI=1S/C12H13N3S/c1-2-15(8-7-13)9-12-14-10-5-3-4-6-11(10)16-12/h3-6H,2,8-9H2,1H3. The van der Waals surface area contributed by atoms with Crippen molar-refractivity contribution >= 4 is 21.6 Å². The number of nitrogens with zero attached hydrogens (tertiary/aromatic N) is 3. The summed E-state index contributed by atoms with van der Waals surface area (Å²) in [7, 11) is 0. The maximum absolute atomic E-state index is 8.68. The van der Waals surface area contributed by atoms with Crippen molar-refractivity contribution in [2.45, 2.75) is 13.5 Å². The number of aromatic nitrogens is 1. The zero-order chi connectivity index (χ0) is 11.4. The van der Waals surface area contributed by atoms with E-state index in [1.807, 2.05) is 18.2 Å². The van der Waals surface area contributed by atoms with Crippen molar-refractivity contribution in [1.29, 1.82) is 5.26 Å². The number of hydrogen-bond acceptors (Lipinski definition) is 4. The van der Waals surface area contributed by atoms with Crippen molar-refractivity contribution < 1.29 is 0 Å². The van der Waals surface area contributed by atoms with Crippen molar-refractivity contribution in [1.82, 2.24) is 9.88 Å². The molecule has 82 valence electrons. The topological polar surface area (TPSA) is 39.9 Å². The first-order chi connectivity index (χ1) is 7.83. The predicted octanol–water partition coefficient (Wildman–Crippen LogP) is 2.64. The Bertz CT molecular complexity index is 479. The molecule has 0 atom stereocenters. The number of hydrogen-bond donors (Lipinski definition) is 0. The quantitative estimate of drug-likeness (QED) is 0.759. The van der Waals surface area contributed by atoms with Crippen LogP contribution in [0.2, 0.25) is 0 Å². The molecule has 3 nitrogen and oxygen atoms in total. The maximum atomic E-state index is 8.68. The zero-order valence-electron chi connectivity index (χ0n) is 9.18. The summed E-state index contributed by atoms with van der Waals surface area (Å²) in [5, 5.41) is 9.76. The van der Waals surface area contributed by atoms with Gasteiger partial charge in [0.1, 0.15) is 5.01 Å². The van der Waals surface area contributed by atoms with Gasteiger partial charge in [-0.25, -0.2) is 4.98 Å². The van der Waals surface area contributed by atoms with Gasteiger partial charge in [-0.2, -0.15) is 5.26 Å². The van der Waals surface area contributed by atoms with Gasteiger partial charge in [0.2, 0.25) is 0 Å². The minimum atomic E-state index is 0.465. The predicted molar refractivity (Wildman–Crippen MR) is 66.2 cm³/mol. The average molecular weight is 231 g/mol. The van der Waals surface area contributed by atoms with E-state index in [-0.39, 0.29) is 0 Å². The minimum Gasteiger partial charge on any atom is -0.284 e. The summed E-state index contributed by atoms with van der Waals surface area (Å²) in [5.74, 6) is 0. The SMILES string of the molecule is CCN(CC#N)Cc1nc2ccccc2s1. The molecule has 0 unspecified atom stereocenters. The second-order valence-electron chi connectivity index (χ2n) is 3.54. The number of fused-ring (bicyclic) bond motifs is 1. The third kappa shape index (κ3) is 2.38. The van der Waals surface area contributed by atoms with Crippen molar-refractivity contribution in [2.24, 2.45) is 0 Å². The lowest BCUT2D eigenvalue weighted by atomic mass is 10.3. The number of rotatable bonds is 4. The molecule has 0 bridgehead atoms. The van der Waals surface area contributed by atoms with Crippen molar-refractivity contribution in [3.8, 4) is 6.07 Å². The van der Waals surface area contributed by atoms with Crippen LogP contribution in [0.4, 0.5) is 0 Å². The Morgan fingerprint density at radius 1 is 1.44 bits per heavy atom. The number of thiazole rings is 1. The van der Waals surface area contributed by atoms with Crippen LogP contribution in [-0.4, -0.2) is 23.0 Å². The number of para-hydroxylation sites is 1. The molecule has 0 spiro atoms. The highest BCUT2D eigenvalue weighted by molar-refractivity contribution is 7.18. The van der Waals surface area contributed by atoms with Crippen LogP contribution < -0.4 is 0 Å². The fourth-order valence-electron chi connectivity index (χ4n) is 1.56. The van der Waals surface area contributed by atoms with Gasteiger partial charge in [0, 0.05) is 0 Å². The zero-order valence-corrected chi connectivity index (χ0v) is 10.00. The fraction of sp³-hybridized carbons (Fsp3) is 0.333. The highest BCUT2D eigenvalue weighted by atomic mass is 32.1. The van der Waals surface area contributed by atoms with Crippen molar-refractivity contribution in [2.75, 3.05) is 13.1 Å². The molecule has 1 aromatic heterocycles. The molecule has 0 saturated heterocycles. The van der Waals surface area contributed by atoms with Crippen molar-refractivity contribution in [3.05, 3.63) is 29.3 Å². The van der Waals surface area contributed by atoms with Crippen LogP contribution in [0.25, 0.3) is 10.2 Å². The van der Waals surface area contributed by atoms with Crippen LogP contribution in [0.15, 0.2) is 24.3 Å². The average Bonchev–Trinajstić information content (AvgIpc) is 2.70. The summed E-state index contributed by atoms with van der Waals surface area (Å²) in [4.78, 5) is 6.63. The molecule has 2 rings (SSSR count). The van der Waals surface area contributed by atoms with E-state index in [2.05, 4.69) is 28.9 Å². The third-order valence-corrected chi connectivity index (χ3v) is 3.46. The minimum absolute atomic E-state index is 0.465. The molecule has 0 saturated carbocycles. The highest BCUT2D eigenvalue weighted by Gasteiger charge is 2.07. The Balaban J connectivity index is 2.18. The molecular formula is C12H13N3S. The van der Waals surface area contributed by atoms with E-state index in [0.29, 0.717) is 6.54 Å². The summed E-state index contributed by atoms with van der Waals surface area (Å²) in [6.45, 7) is 4.17. The van der Waals surface area contributed by atoms with Gasteiger partial charge in [0.05, 0.1) is 29.4 Å². The molecule has 4 heteroatoms. The van der Waals surface area contributed by atoms with Crippen LogP contribution in [0.3, 0.4) is 0 Å². The molecule has 1 heterocycles. The van der Waals surface area contributed by atoms with Crippen LogP contribution >= 0.6 is 11.3 Å². The van der Waals surface area contributed by atoms with Crippen LogP contribution in [0.1, 0.15) is 11.9 Å². The van der Waals surface area contributed by atoms with Gasteiger partial charge in [0.25, 0.3) is 0 Å². The molecule has 0 aliphatic heterocycles. The van der Waals surface area contributed by atoms with E-state index in [1.54, 1.807) is 11.3 Å². The molecule has 0 fully saturated rings. The molecule has 16 heavy (non-hydrogen) atoms. The Labute approximate surface area is 99.0 Å².